The number of pyridine rings is 1. The molecule has 0 radical (unpaired) electrons. The molecule has 0 aliphatic heterocycles. The standard InChI is InChI=1S/C21H22N2O3S2/c1-15(2)16-5-7-18(8-6-16)28(25,26)20(19-4-3-13-27-19)14-23-21(24)17-9-11-22-12-10-17/h3-13,15,20H,14H2,1-2H3,(H,23,24)/t20-/m1/s1. The van der Waals surface area contributed by atoms with E-state index in [1.54, 1.807) is 30.3 Å². The van der Waals surface area contributed by atoms with Crippen LogP contribution in [0.5, 0.6) is 0 Å². The molecule has 0 spiro atoms. The Hall–Kier alpha value is -2.51. The summed E-state index contributed by atoms with van der Waals surface area (Å²) in [6, 6.07) is 13.8. The van der Waals surface area contributed by atoms with Crippen molar-refractivity contribution in [2.24, 2.45) is 0 Å². The van der Waals surface area contributed by atoms with Crippen molar-refractivity contribution in [2.45, 2.75) is 29.9 Å². The Labute approximate surface area is 169 Å². The molecule has 0 unspecified atom stereocenters. The molecule has 0 saturated carbocycles. The molecule has 1 N–H and O–H groups in total. The van der Waals surface area contributed by atoms with Crippen LogP contribution in [0.2, 0.25) is 0 Å². The molecular weight excluding hydrogens is 392 g/mol. The molecule has 0 aliphatic rings. The number of hydrogen-bond donors (Lipinski definition) is 1. The van der Waals surface area contributed by atoms with Crippen molar-refractivity contribution >= 4 is 27.1 Å². The third-order valence-electron chi connectivity index (χ3n) is 4.50. The lowest BCUT2D eigenvalue weighted by atomic mass is 10.0. The fraction of sp³-hybridized carbons (Fsp3) is 0.238. The first-order chi connectivity index (χ1) is 13.4. The summed E-state index contributed by atoms with van der Waals surface area (Å²) in [5.41, 5.74) is 1.52. The minimum absolute atomic E-state index is 0.00403. The van der Waals surface area contributed by atoms with Crippen molar-refractivity contribution in [2.75, 3.05) is 6.54 Å². The molecule has 3 rings (SSSR count). The number of amides is 1. The van der Waals surface area contributed by atoms with Crippen LogP contribution in [-0.4, -0.2) is 25.9 Å². The molecule has 146 valence electrons. The van der Waals surface area contributed by atoms with Crippen LogP contribution >= 0.6 is 11.3 Å². The quantitative estimate of drug-likeness (QED) is 0.628. The number of sulfone groups is 1. The zero-order valence-electron chi connectivity index (χ0n) is 15.7. The Morgan fingerprint density at radius 1 is 1.07 bits per heavy atom. The fourth-order valence-electron chi connectivity index (χ4n) is 2.84. The molecule has 0 fully saturated rings. The van der Waals surface area contributed by atoms with Gasteiger partial charge in [-0.15, -0.1) is 11.3 Å². The van der Waals surface area contributed by atoms with Crippen molar-refractivity contribution < 1.29 is 13.2 Å². The van der Waals surface area contributed by atoms with Crippen molar-refractivity contribution in [3.8, 4) is 0 Å². The second-order valence-corrected chi connectivity index (χ2v) is 9.83. The molecule has 0 bridgehead atoms. The number of hydrogen-bond acceptors (Lipinski definition) is 5. The average Bonchev–Trinajstić information content (AvgIpc) is 3.23. The van der Waals surface area contributed by atoms with Crippen LogP contribution in [0.15, 0.2) is 71.2 Å². The predicted octanol–water partition coefficient (Wildman–Crippen LogP) is 4.21. The molecule has 2 aromatic heterocycles. The molecule has 28 heavy (non-hydrogen) atoms. The van der Waals surface area contributed by atoms with E-state index in [4.69, 9.17) is 0 Å². The highest BCUT2D eigenvalue weighted by atomic mass is 32.2. The van der Waals surface area contributed by atoms with Crippen LogP contribution in [0.3, 0.4) is 0 Å². The molecule has 1 aromatic carbocycles. The highest BCUT2D eigenvalue weighted by Gasteiger charge is 2.30. The Bertz CT molecular complexity index is 1010. The van der Waals surface area contributed by atoms with E-state index in [2.05, 4.69) is 24.1 Å². The van der Waals surface area contributed by atoms with Gasteiger partial charge in [-0.2, -0.15) is 0 Å². The van der Waals surface area contributed by atoms with Crippen molar-refractivity contribution in [3.63, 3.8) is 0 Å². The molecule has 3 aromatic rings. The highest BCUT2D eigenvalue weighted by Crippen LogP contribution is 2.32. The van der Waals surface area contributed by atoms with Gasteiger partial charge in [0.05, 0.1) is 4.90 Å². The molecular formula is C21H22N2O3S2. The largest absolute Gasteiger partial charge is 0.350 e. The summed E-state index contributed by atoms with van der Waals surface area (Å²) >= 11 is 1.37. The highest BCUT2D eigenvalue weighted by molar-refractivity contribution is 7.91. The zero-order valence-corrected chi connectivity index (χ0v) is 17.3. The lowest BCUT2D eigenvalue weighted by Gasteiger charge is -2.18. The summed E-state index contributed by atoms with van der Waals surface area (Å²) in [6.45, 7) is 4.12. The van der Waals surface area contributed by atoms with Gasteiger partial charge >= 0.3 is 0 Å². The first kappa shape index (κ1) is 20.2. The molecule has 7 heteroatoms. The third kappa shape index (κ3) is 4.48. The average molecular weight is 415 g/mol. The number of rotatable bonds is 7. The molecule has 1 atom stereocenters. The Balaban J connectivity index is 1.86. The first-order valence-electron chi connectivity index (χ1n) is 8.95. The van der Waals surface area contributed by atoms with Crippen molar-refractivity contribution in [1.29, 1.82) is 0 Å². The van der Waals surface area contributed by atoms with Crippen LogP contribution in [0, 0.1) is 0 Å². The summed E-state index contributed by atoms with van der Waals surface area (Å²) < 4.78 is 26.6. The number of nitrogens with zero attached hydrogens (tertiary/aromatic N) is 1. The Morgan fingerprint density at radius 3 is 2.32 bits per heavy atom. The zero-order chi connectivity index (χ0) is 20.1. The van der Waals surface area contributed by atoms with Crippen LogP contribution in [-0.2, 0) is 9.84 Å². The van der Waals surface area contributed by atoms with Crippen LogP contribution < -0.4 is 5.32 Å². The summed E-state index contributed by atoms with van der Waals surface area (Å²) in [4.78, 5) is 17.2. The summed E-state index contributed by atoms with van der Waals surface area (Å²) in [5, 5.41) is 3.75. The minimum atomic E-state index is -3.66. The maximum atomic E-state index is 13.3. The molecule has 2 heterocycles. The normalized spacial score (nSPS) is 12.7. The van der Waals surface area contributed by atoms with Gasteiger partial charge < -0.3 is 5.32 Å². The molecule has 1 amide bonds. The number of aromatic nitrogens is 1. The van der Waals surface area contributed by atoms with E-state index in [1.165, 1.54) is 23.7 Å². The van der Waals surface area contributed by atoms with Crippen LogP contribution in [0.25, 0.3) is 0 Å². The van der Waals surface area contributed by atoms with E-state index < -0.39 is 15.1 Å². The smallest absolute Gasteiger partial charge is 0.251 e. The number of carbonyl (C=O) groups is 1. The van der Waals surface area contributed by atoms with Gasteiger partial charge in [-0.3, -0.25) is 9.78 Å². The lowest BCUT2D eigenvalue weighted by molar-refractivity contribution is 0.0953. The van der Waals surface area contributed by atoms with E-state index in [9.17, 15) is 13.2 Å². The minimum Gasteiger partial charge on any atom is -0.350 e. The fourth-order valence-corrected chi connectivity index (χ4v) is 5.62. The number of benzene rings is 1. The lowest BCUT2D eigenvalue weighted by Crippen LogP contribution is -2.31. The van der Waals surface area contributed by atoms with Gasteiger partial charge in [-0.1, -0.05) is 32.0 Å². The maximum absolute atomic E-state index is 13.3. The maximum Gasteiger partial charge on any atom is 0.251 e. The van der Waals surface area contributed by atoms with Gasteiger partial charge in [-0.05, 0) is 47.2 Å². The second-order valence-electron chi connectivity index (χ2n) is 6.72. The van der Waals surface area contributed by atoms with Gasteiger partial charge in [0, 0.05) is 29.4 Å². The van der Waals surface area contributed by atoms with E-state index in [1.807, 2.05) is 23.6 Å². The van der Waals surface area contributed by atoms with Gasteiger partial charge in [0.25, 0.3) is 5.91 Å². The first-order valence-corrected chi connectivity index (χ1v) is 11.4. The topological polar surface area (TPSA) is 76.1 Å². The Kier molecular flexibility index (Phi) is 6.26. The van der Waals surface area contributed by atoms with E-state index in [0.717, 1.165) is 5.56 Å². The molecule has 0 saturated heterocycles. The molecule has 5 nitrogen and oxygen atoms in total. The van der Waals surface area contributed by atoms with Crippen molar-refractivity contribution in [3.05, 3.63) is 82.3 Å². The predicted molar refractivity (Wildman–Crippen MR) is 111 cm³/mol. The summed E-state index contributed by atoms with van der Waals surface area (Å²) in [6.07, 6.45) is 3.05. The number of nitrogens with one attached hydrogen (secondary N) is 1. The van der Waals surface area contributed by atoms with E-state index in [-0.39, 0.29) is 17.3 Å². The molecule has 0 aliphatic carbocycles. The Morgan fingerprint density at radius 2 is 1.75 bits per heavy atom. The van der Waals surface area contributed by atoms with Crippen molar-refractivity contribution in [1.82, 2.24) is 10.3 Å². The number of carbonyl (C=O) groups excluding carboxylic acids is 1. The monoisotopic (exact) mass is 414 g/mol. The van der Waals surface area contributed by atoms with Gasteiger partial charge in [0.15, 0.2) is 9.84 Å². The second kappa shape index (κ2) is 8.67. The SMILES string of the molecule is CC(C)c1ccc(S(=O)(=O)[C@H](CNC(=O)c2ccncc2)c2cccs2)cc1. The number of thiophene rings is 1. The van der Waals surface area contributed by atoms with Crippen LogP contribution in [0.4, 0.5) is 0 Å². The third-order valence-corrected chi connectivity index (χ3v) is 7.74. The van der Waals surface area contributed by atoms with Gasteiger partial charge in [-0.25, -0.2) is 8.42 Å². The van der Waals surface area contributed by atoms with E-state index in [0.29, 0.717) is 16.4 Å². The summed E-state index contributed by atoms with van der Waals surface area (Å²) in [5.74, 6) is -0.00110. The van der Waals surface area contributed by atoms with Gasteiger partial charge in [0.2, 0.25) is 0 Å². The summed E-state index contributed by atoms with van der Waals surface area (Å²) in [7, 11) is -3.66. The van der Waals surface area contributed by atoms with Gasteiger partial charge in [0.1, 0.15) is 5.25 Å². The van der Waals surface area contributed by atoms with E-state index >= 15 is 0 Å². The van der Waals surface area contributed by atoms with Crippen LogP contribution in [0.1, 0.15) is 45.8 Å².